The molecule has 1 N–H and O–H groups in total. The molecule has 0 radical (unpaired) electrons. The molecule has 70 valence electrons. The van der Waals surface area contributed by atoms with E-state index < -0.39 is 5.97 Å². The van der Waals surface area contributed by atoms with Gasteiger partial charge in [-0.2, -0.15) is 0 Å². The molecule has 0 aromatic carbocycles. The van der Waals surface area contributed by atoms with Gasteiger partial charge < -0.3 is 19.7 Å². The van der Waals surface area contributed by atoms with Crippen molar-refractivity contribution in [1.82, 2.24) is 5.32 Å². The van der Waals surface area contributed by atoms with Crippen LogP contribution in [0.4, 0.5) is 0 Å². The topological polar surface area (TPSA) is 69.2 Å². The zero-order valence-corrected chi connectivity index (χ0v) is 7.59. The van der Waals surface area contributed by atoms with Crippen LogP contribution in [0.1, 0.15) is 6.92 Å². The first-order valence-electron chi connectivity index (χ1n) is 3.60. The number of carbonyl (C=O) groups is 2. The summed E-state index contributed by atoms with van der Waals surface area (Å²) < 4.78 is 0.182. The fraction of sp³-hybridized carbons (Fsp3) is 0.714. The minimum atomic E-state index is -1.12. The third kappa shape index (κ3) is 5.67. The maximum atomic E-state index is 10.5. The molecular weight excluding hydrogens is 160 g/mol. The van der Waals surface area contributed by atoms with Crippen LogP contribution in [0.15, 0.2) is 0 Å². The monoisotopic (exact) mass is 174 g/mol. The number of carbonyl (C=O) groups excluding carboxylic acids is 2. The van der Waals surface area contributed by atoms with Crippen molar-refractivity contribution >= 4 is 11.9 Å². The Labute approximate surface area is 71.6 Å². The Bertz CT molecular complexity index is 189. The number of hydrogen-bond donors (Lipinski definition) is 1. The van der Waals surface area contributed by atoms with Gasteiger partial charge in [0.15, 0.2) is 6.67 Å². The van der Waals surface area contributed by atoms with Gasteiger partial charge in [-0.25, -0.2) is 0 Å². The minimum Gasteiger partial charge on any atom is -0.544 e. The van der Waals surface area contributed by atoms with Crippen LogP contribution >= 0.6 is 0 Å². The molecule has 0 spiro atoms. The summed E-state index contributed by atoms with van der Waals surface area (Å²) in [5.41, 5.74) is 0. The highest BCUT2D eigenvalue weighted by Gasteiger charge is 2.14. The number of aliphatic carboxylic acids is 1. The number of nitrogens with zero attached hydrogens (tertiary/aromatic N) is 1. The summed E-state index contributed by atoms with van der Waals surface area (Å²) in [5.74, 6) is -1.29. The van der Waals surface area contributed by atoms with Gasteiger partial charge in [0.05, 0.1) is 20.1 Å². The summed E-state index contributed by atoms with van der Waals surface area (Å²) in [6.45, 7) is 1.57. The number of hydrogen-bond acceptors (Lipinski definition) is 3. The molecule has 5 heteroatoms. The van der Waals surface area contributed by atoms with E-state index in [1.54, 1.807) is 14.1 Å². The summed E-state index contributed by atoms with van der Waals surface area (Å²) in [7, 11) is 3.40. The first kappa shape index (κ1) is 10.9. The highest BCUT2D eigenvalue weighted by atomic mass is 16.4. The standard InChI is InChI=1S/C7H14N2O3/c1-6(10)8-5-9(2,3)4-7(11)12/h4-5H2,1-3H3,(H-,8,10,11,12). The fourth-order valence-corrected chi connectivity index (χ4v) is 0.731. The van der Waals surface area contributed by atoms with E-state index in [1.165, 1.54) is 6.92 Å². The molecule has 0 fully saturated rings. The molecule has 0 bridgehead atoms. The van der Waals surface area contributed by atoms with Gasteiger partial charge in [-0.05, 0) is 0 Å². The Hall–Kier alpha value is -1.10. The van der Waals surface area contributed by atoms with Crippen molar-refractivity contribution in [3.05, 3.63) is 0 Å². The van der Waals surface area contributed by atoms with Gasteiger partial charge in [0.2, 0.25) is 5.91 Å². The molecule has 0 aliphatic carbocycles. The molecule has 0 heterocycles. The number of carboxylic acids is 1. The van der Waals surface area contributed by atoms with Crippen LogP contribution in [0.25, 0.3) is 0 Å². The highest BCUT2D eigenvalue weighted by molar-refractivity contribution is 5.72. The molecule has 1 amide bonds. The average Bonchev–Trinajstić information content (AvgIpc) is 1.81. The summed E-state index contributed by atoms with van der Waals surface area (Å²) in [6, 6.07) is 0. The van der Waals surface area contributed by atoms with Gasteiger partial charge in [-0.3, -0.25) is 4.79 Å². The average molecular weight is 174 g/mol. The quantitative estimate of drug-likeness (QED) is 0.392. The molecule has 12 heavy (non-hydrogen) atoms. The van der Waals surface area contributed by atoms with Crippen LogP contribution in [0.3, 0.4) is 0 Å². The molecule has 0 aliphatic rings. The maximum absolute atomic E-state index is 10.5. The molecule has 0 atom stereocenters. The number of carboxylic acid groups (broad SMARTS) is 1. The van der Waals surface area contributed by atoms with E-state index >= 15 is 0 Å². The van der Waals surface area contributed by atoms with E-state index in [0.717, 1.165) is 0 Å². The lowest BCUT2D eigenvalue weighted by Gasteiger charge is -2.29. The van der Waals surface area contributed by atoms with Gasteiger partial charge in [0.25, 0.3) is 0 Å². The zero-order chi connectivity index (χ0) is 9.78. The van der Waals surface area contributed by atoms with E-state index in [0.29, 0.717) is 6.67 Å². The summed E-state index contributed by atoms with van der Waals surface area (Å²) >= 11 is 0. The summed E-state index contributed by atoms with van der Waals surface area (Å²) in [6.07, 6.45) is 0. The molecule has 0 aromatic rings. The first-order valence-corrected chi connectivity index (χ1v) is 3.60. The van der Waals surface area contributed by atoms with Crippen molar-refractivity contribution in [3.63, 3.8) is 0 Å². The van der Waals surface area contributed by atoms with Crippen molar-refractivity contribution < 1.29 is 19.2 Å². The molecule has 0 saturated heterocycles. The van der Waals surface area contributed by atoms with Crippen LogP contribution in [-0.4, -0.2) is 43.7 Å². The zero-order valence-electron chi connectivity index (χ0n) is 7.59. The Balaban J connectivity index is 3.86. The first-order chi connectivity index (χ1) is 5.33. The third-order valence-corrected chi connectivity index (χ3v) is 1.31. The number of nitrogens with one attached hydrogen (secondary N) is 1. The second kappa shape index (κ2) is 4.06. The van der Waals surface area contributed by atoms with E-state index in [4.69, 9.17) is 0 Å². The van der Waals surface area contributed by atoms with Crippen molar-refractivity contribution in [2.24, 2.45) is 0 Å². The maximum Gasteiger partial charge on any atom is 0.221 e. The number of amides is 1. The lowest BCUT2D eigenvalue weighted by atomic mass is 10.5. The molecule has 0 unspecified atom stereocenters. The Morgan fingerprint density at radius 2 is 1.92 bits per heavy atom. The minimum absolute atomic E-state index is 0.111. The molecule has 5 nitrogen and oxygen atoms in total. The molecule has 0 rings (SSSR count). The summed E-state index contributed by atoms with van der Waals surface area (Å²) in [5, 5.41) is 12.8. The van der Waals surface area contributed by atoms with Gasteiger partial charge in [-0.1, -0.05) is 0 Å². The summed E-state index contributed by atoms with van der Waals surface area (Å²) in [4.78, 5) is 20.7. The normalized spacial score (nSPS) is 10.9. The number of rotatable bonds is 4. The van der Waals surface area contributed by atoms with Crippen molar-refractivity contribution in [1.29, 1.82) is 0 Å². The predicted octanol–water partition coefficient (Wildman–Crippen LogP) is -2.09. The lowest BCUT2D eigenvalue weighted by Crippen LogP contribution is -2.53. The molecule has 0 saturated carbocycles. The molecule has 0 aromatic heterocycles. The third-order valence-electron chi connectivity index (χ3n) is 1.31. The van der Waals surface area contributed by atoms with Gasteiger partial charge in [-0.15, -0.1) is 0 Å². The van der Waals surface area contributed by atoms with Gasteiger partial charge in [0, 0.05) is 6.92 Å². The smallest absolute Gasteiger partial charge is 0.221 e. The number of likely N-dealkylation sites (N-methyl/N-ethyl adjacent to an activating group) is 1. The van der Waals surface area contributed by atoms with E-state index in [9.17, 15) is 14.7 Å². The van der Waals surface area contributed by atoms with Crippen molar-refractivity contribution in [3.8, 4) is 0 Å². The van der Waals surface area contributed by atoms with Crippen LogP contribution in [0.5, 0.6) is 0 Å². The SMILES string of the molecule is CC(=O)NC[N+](C)(C)CC(=O)[O-]. The molecule has 0 aliphatic heterocycles. The van der Waals surface area contributed by atoms with Gasteiger partial charge in [0.1, 0.15) is 6.54 Å². The second-order valence-corrected chi connectivity index (χ2v) is 3.36. The highest BCUT2D eigenvalue weighted by Crippen LogP contribution is 1.91. The van der Waals surface area contributed by atoms with E-state index in [2.05, 4.69) is 5.32 Å². The van der Waals surface area contributed by atoms with Gasteiger partial charge >= 0.3 is 0 Å². The van der Waals surface area contributed by atoms with E-state index in [-0.39, 0.29) is 16.9 Å². The Morgan fingerprint density at radius 1 is 1.42 bits per heavy atom. The van der Waals surface area contributed by atoms with Crippen molar-refractivity contribution in [2.75, 3.05) is 27.3 Å². The largest absolute Gasteiger partial charge is 0.544 e. The Morgan fingerprint density at radius 3 is 2.25 bits per heavy atom. The molecular formula is C7H14N2O3. The fourth-order valence-electron chi connectivity index (χ4n) is 0.731. The Kier molecular flexibility index (Phi) is 3.69. The van der Waals surface area contributed by atoms with Crippen LogP contribution in [0.2, 0.25) is 0 Å². The van der Waals surface area contributed by atoms with E-state index in [1.807, 2.05) is 0 Å². The predicted molar refractivity (Wildman–Crippen MR) is 40.7 cm³/mol. The lowest BCUT2D eigenvalue weighted by molar-refractivity contribution is -0.886. The number of quaternary nitrogens is 1. The van der Waals surface area contributed by atoms with Crippen LogP contribution in [0, 0.1) is 0 Å². The van der Waals surface area contributed by atoms with Crippen LogP contribution < -0.4 is 10.4 Å². The van der Waals surface area contributed by atoms with Crippen molar-refractivity contribution in [2.45, 2.75) is 6.92 Å². The van der Waals surface area contributed by atoms with Crippen LogP contribution in [-0.2, 0) is 9.59 Å². The second-order valence-electron chi connectivity index (χ2n) is 3.36.